The minimum atomic E-state index is 0.211. The number of nitrogens with zero attached hydrogens (tertiary/aromatic N) is 3. The number of guanidine groups is 1. The van der Waals surface area contributed by atoms with Gasteiger partial charge in [-0.25, -0.2) is 0 Å². The maximum atomic E-state index is 12.6. The van der Waals surface area contributed by atoms with Crippen LogP contribution in [0.15, 0.2) is 53.5 Å². The number of benzene rings is 2. The number of amides is 1. The molecule has 0 saturated heterocycles. The van der Waals surface area contributed by atoms with E-state index >= 15 is 0 Å². The second-order valence-corrected chi connectivity index (χ2v) is 7.03. The van der Waals surface area contributed by atoms with Gasteiger partial charge in [-0.2, -0.15) is 0 Å². The lowest BCUT2D eigenvalue weighted by Crippen LogP contribution is -2.41. The molecule has 0 aliphatic carbocycles. The molecule has 2 aromatic rings. The second-order valence-electron chi connectivity index (χ2n) is 7.03. The Labute approximate surface area is 160 Å². The summed E-state index contributed by atoms with van der Waals surface area (Å²) in [7, 11) is 1.82. The average molecular weight is 362 g/mol. The van der Waals surface area contributed by atoms with Gasteiger partial charge in [0.25, 0.3) is 0 Å². The van der Waals surface area contributed by atoms with Crippen molar-refractivity contribution < 1.29 is 4.79 Å². The Hall–Kier alpha value is -2.82. The molecule has 0 unspecified atom stereocenters. The highest BCUT2D eigenvalue weighted by atomic mass is 16.2. The first-order valence-corrected chi connectivity index (χ1v) is 9.72. The van der Waals surface area contributed by atoms with Crippen LogP contribution in [0.4, 0.5) is 11.4 Å². The van der Waals surface area contributed by atoms with Crippen molar-refractivity contribution in [2.45, 2.75) is 25.7 Å². The van der Waals surface area contributed by atoms with Crippen molar-refractivity contribution in [2.24, 2.45) is 4.99 Å². The van der Waals surface area contributed by atoms with Gasteiger partial charge in [-0.05, 0) is 42.5 Å². The van der Waals surface area contributed by atoms with Crippen LogP contribution in [0.5, 0.6) is 0 Å². The summed E-state index contributed by atoms with van der Waals surface area (Å²) in [6, 6.07) is 16.7. The number of carbonyl (C=O) groups excluding carboxylic acids is 1. The van der Waals surface area contributed by atoms with Crippen molar-refractivity contribution in [1.29, 1.82) is 0 Å². The van der Waals surface area contributed by atoms with Crippen LogP contribution in [0.1, 0.15) is 24.0 Å². The molecule has 0 saturated carbocycles. The molecule has 0 spiro atoms. The summed E-state index contributed by atoms with van der Waals surface area (Å²) in [5.74, 6) is 1.10. The van der Waals surface area contributed by atoms with Gasteiger partial charge in [0.2, 0.25) is 5.91 Å². The van der Waals surface area contributed by atoms with Gasteiger partial charge in [0, 0.05) is 44.5 Å². The molecule has 140 valence electrons. The van der Waals surface area contributed by atoms with E-state index in [9.17, 15) is 4.79 Å². The molecule has 5 nitrogen and oxygen atoms in total. The summed E-state index contributed by atoms with van der Waals surface area (Å²) in [6.45, 7) is 2.49. The zero-order valence-corrected chi connectivity index (χ0v) is 15.8. The molecule has 4 rings (SSSR count). The lowest BCUT2D eigenvalue weighted by atomic mass is 10.2. The average Bonchev–Trinajstić information content (AvgIpc) is 3.32. The Morgan fingerprint density at radius 2 is 1.56 bits per heavy atom. The van der Waals surface area contributed by atoms with Gasteiger partial charge in [0.05, 0.1) is 0 Å². The summed E-state index contributed by atoms with van der Waals surface area (Å²) in [6.07, 6.45) is 3.35. The van der Waals surface area contributed by atoms with Gasteiger partial charge in [0.1, 0.15) is 0 Å². The van der Waals surface area contributed by atoms with E-state index in [0.717, 1.165) is 50.5 Å². The van der Waals surface area contributed by atoms with Crippen molar-refractivity contribution in [3.8, 4) is 0 Å². The summed E-state index contributed by atoms with van der Waals surface area (Å²) in [5.41, 5.74) is 4.95. The highest BCUT2D eigenvalue weighted by molar-refractivity contribution is 5.98. The zero-order valence-electron chi connectivity index (χ0n) is 15.8. The molecule has 1 amide bonds. The molecule has 5 heteroatoms. The normalized spacial score (nSPS) is 15.7. The van der Waals surface area contributed by atoms with Crippen LogP contribution in [-0.4, -0.2) is 38.5 Å². The first-order valence-electron chi connectivity index (χ1n) is 9.72. The Morgan fingerprint density at radius 3 is 2.22 bits per heavy atom. The number of rotatable bonds is 4. The van der Waals surface area contributed by atoms with Crippen LogP contribution < -0.4 is 15.1 Å². The third kappa shape index (κ3) is 3.54. The SMILES string of the molecule is CN=C(NCCCC(=O)N1CCc2ccccc21)N1CCc2ccccc21. The molecule has 27 heavy (non-hydrogen) atoms. The van der Waals surface area contributed by atoms with Crippen LogP contribution in [0.3, 0.4) is 0 Å². The molecule has 2 aromatic carbocycles. The highest BCUT2D eigenvalue weighted by Crippen LogP contribution is 2.28. The van der Waals surface area contributed by atoms with Crippen molar-refractivity contribution in [3.63, 3.8) is 0 Å². The molecule has 0 bridgehead atoms. The Morgan fingerprint density at radius 1 is 0.963 bits per heavy atom. The van der Waals surface area contributed by atoms with Crippen molar-refractivity contribution >= 4 is 23.2 Å². The summed E-state index contributed by atoms with van der Waals surface area (Å²) in [5, 5.41) is 3.42. The van der Waals surface area contributed by atoms with E-state index in [1.54, 1.807) is 0 Å². The van der Waals surface area contributed by atoms with Crippen LogP contribution in [0.25, 0.3) is 0 Å². The molecular weight excluding hydrogens is 336 g/mol. The van der Waals surface area contributed by atoms with E-state index in [2.05, 4.69) is 45.5 Å². The molecular formula is C22H26N4O. The number of hydrogen-bond acceptors (Lipinski definition) is 2. The van der Waals surface area contributed by atoms with E-state index < -0.39 is 0 Å². The lowest BCUT2D eigenvalue weighted by Gasteiger charge is -2.22. The third-order valence-corrected chi connectivity index (χ3v) is 5.39. The van der Waals surface area contributed by atoms with Crippen molar-refractivity contribution in [1.82, 2.24) is 5.32 Å². The smallest absolute Gasteiger partial charge is 0.227 e. The van der Waals surface area contributed by atoms with Gasteiger partial charge in [-0.3, -0.25) is 9.79 Å². The number of hydrogen-bond donors (Lipinski definition) is 1. The van der Waals surface area contributed by atoms with Crippen molar-refractivity contribution in [2.75, 3.05) is 36.5 Å². The number of fused-ring (bicyclic) bond motifs is 2. The minimum absolute atomic E-state index is 0.211. The quantitative estimate of drug-likeness (QED) is 0.517. The number of anilines is 2. The first-order chi connectivity index (χ1) is 13.3. The molecule has 0 fully saturated rings. The summed E-state index contributed by atoms with van der Waals surface area (Å²) in [4.78, 5) is 21.2. The topological polar surface area (TPSA) is 47.9 Å². The Kier molecular flexibility index (Phi) is 5.10. The predicted molar refractivity (Wildman–Crippen MR) is 111 cm³/mol. The standard InChI is InChI=1S/C22H26N4O/c1-23-22(26-16-13-18-8-3-5-10-20(18)26)24-14-6-11-21(27)25-15-12-17-7-2-4-9-19(17)25/h2-5,7-10H,6,11-16H2,1H3,(H,23,24). The summed E-state index contributed by atoms with van der Waals surface area (Å²) < 4.78 is 0. The number of nitrogens with one attached hydrogen (secondary N) is 1. The molecule has 0 atom stereocenters. The van der Waals surface area contributed by atoms with E-state index in [-0.39, 0.29) is 5.91 Å². The molecule has 2 aliphatic rings. The van der Waals surface area contributed by atoms with Crippen LogP contribution in [-0.2, 0) is 17.6 Å². The van der Waals surface area contributed by atoms with Gasteiger partial charge in [-0.1, -0.05) is 36.4 Å². The van der Waals surface area contributed by atoms with E-state index in [1.165, 1.54) is 16.8 Å². The second kappa shape index (κ2) is 7.82. The van der Waals surface area contributed by atoms with Crippen LogP contribution in [0, 0.1) is 0 Å². The Balaban J connectivity index is 1.28. The van der Waals surface area contributed by atoms with Gasteiger partial charge in [0.15, 0.2) is 5.96 Å². The number of aliphatic imine (C=N–C) groups is 1. The van der Waals surface area contributed by atoms with E-state index in [0.29, 0.717) is 6.42 Å². The van der Waals surface area contributed by atoms with E-state index in [1.807, 2.05) is 30.1 Å². The molecule has 0 aromatic heterocycles. The molecule has 2 aliphatic heterocycles. The van der Waals surface area contributed by atoms with Crippen LogP contribution >= 0.6 is 0 Å². The van der Waals surface area contributed by atoms with Crippen molar-refractivity contribution in [3.05, 3.63) is 59.7 Å². The molecule has 2 heterocycles. The Bertz CT molecular complexity index is 861. The van der Waals surface area contributed by atoms with Gasteiger partial charge in [-0.15, -0.1) is 0 Å². The maximum absolute atomic E-state index is 12.6. The first kappa shape index (κ1) is 17.6. The zero-order chi connectivity index (χ0) is 18.6. The maximum Gasteiger partial charge on any atom is 0.227 e. The van der Waals surface area contributed by atoms with Gasteiger partial charge >= 0.3 is 0 Å². The van der Waals surface area contributed by atoms with Gasteiger partial charge < -0.3 is 15.1 Å². The minimum Gasteiger partial charge on any atom is -0.356 e. The predicted octanol–water partition coefficient (Wildman–Crippen LogP) is 2.99. The van der Waals surface area contributed by atoms with Crippen LogP contribution in [0.2, 0.25) is 0 Å². The number of carbonyl (C=O) groups is 1. The summed E-state index contributed by atoms with van der Waals surface area (Å²) >= 11 is 0. The fourth-order valence-corrected chi connectivity index (χ4v) is 4.03. The molecule has 0 radical (unpaired) electrons. The molecule has 1 N–H and O–H groups in total. The number of para-hydroxylation sites is 2. The lowest BCUT2D eigenvalue weighted by molar-refractivity contribution is -0.118. The fraction of sp³-hybridized carbons (Fsp3) is 0.364. The monoisotopic (exact) mass is 362 g/mol. The van der Waals surface area contributed by atoms with E-state index in [4.69, 9.17) is 0 Å². The third-order valence-electron chi connectivity index (χ3n) is 5.39. The largest absolute Gasteiger partial charge is 0.356 e. The fourth-order valence-electron chi connectivity index (χ4n) is 4.03. The highest BCUT2D eigenvalue weighted by Gasteiger charge is 2.24.